The van der Waals surface area contributed by atoms with Crippen molar-refractivity contribution >= 4 is 38.5 Å². The predicted octanol–water partition coefficient (Wildman–Crippen LogP) is 4.27. The van der Waals surface area contributed by atoms with Crippen LogP contribution in [0.2, 0.25) is 0 Å². The number of rotatable bonds is 1. The predicted molar refractivity (Wildman–Crippen MR) is 76.3 cm³/mol. The number of amidine groups is 1. The second-order valence-electron chi connectivity index (χ2n) is 4.58. The Hall–Kier alpha value is -0.550. The fourth-order valence-corrected chi connectivity index (χ4v) is 3.07. The van der Waals surface area contributed by atoms with Gasteiger partial charge in [-0.05, 0) is 54.4 Å². The van der Waals surface area contributed by atoms with Crippen LogP contribution in [0.1, 0.15) is 20.3 Å². The first-order chi connectivity index (χ1) is 7.96. The number of nitrogens with zero attached hydrogens (tertiary/aromatic N) is 1. The Morgan fingerprint density at radius 2 is 2.24 bits per heavy atom. The minimum Gasteiger partial charge on any atom is -0.335 e. The fourth-order valence-electron chi connectivity index (χ4n) is 1.52. The Labute approximate surface area is 113 Å². The van der Waals surface area contributed by atoms with E-state index >= 15 is 0 Å². The Kier molecular flexibility index (Phi) is 3.78. The van der Waals surface area contributed by atoms with E-state index < -0.39 is 0 Å². The normalized spacial score (nSPS) is 18.7. The zero-order valence-electron chi connectivity index (χ0n) is 9.76. The Balaban J connectivity index is 2.15. The summed E-state index contributed by atoms with van der Waals surface area (Å²) in [6.45, 7) is 4.22. The third kappa shape index (κ3) is 3.45. The van der Waals surface area contributed by atoms with Crippen LogP contribution in [0.3, 0.4) is 0 Å². The van der Waals surface area contributed by atoms with Gasteiger partial charge in [-0.3, -0.25) is 4.99 Å². The topological polar surface area (TPSA) is 24.4 Å². The zero-order chi connectivity index (χ0) is 12.5. The highest BCUT2D eigenvalue weighted by Crippen LogP contribution is 2.27. The average Bonchev–Trinajstić information content (AvgIpc) is 2.22. The van der Waals surface area contributed by atoms with Crippen molar-refractivity contribution in [3.05, 3.63) is 28.5 Å². The van der Waals surface area contributed by atoms with Crippen LogP contribution < -0.4 is 5.32 Å². The molecule has 17 heavy (non-hydrogen) atoms. The van der Waals surface area contributed by atoms with Crippen LogP contribution >= 0.6 is 27.7 Å². The summed E-state index contributed by atoms with van der Waals surface area (Å²) in [7, 11) is 0. The summed E-state index contributed by atoms with van der Waals surface area (Å²) in [5.74, 6) is 0.772. The highest BCUT2D eigenvalue weighted by Gasteiger charge is 2.22. The Morgan fingerprint density at radius 1 is 1.47 bits per heavy atom. The summed E-state index contributed by atoms with van der Waals surface area (Å²) >= 11 is 4.81. The number of thioether (sulfide) groups is 1. The average molecular weight is 317 g/mol. The maximum absolute atomic E-state index is 13.4. The number of hydrogen-bond acceptors (Lipinski definition) is 3. The lowest BCUT2D eigenvalue weighted by molar-refractivity contribution is 0.507. The summed E-state index contributed by atoms with van der Waals surface area (Å²) < 4.78 is 13.8. The van der Waals surface area contributed by atoms with Gasteiger partial charge in [0.2, 0.25) is 0 Å². The SMILES string of the molecule is CC1(C)CCSC(Nc2ccc(Br)c(F)c2)=N1. The van der Waals surface area contributed by atoms with Gasteiger partial charge in [0.05, 0.1) is 10.0 Å². The number of hydrogen-bond donors (Lipinski definition) is 1. The molecule has 1 aromatic rings. The standard InChI is InChI=1S/C12H14BrFN2S/c1-12(2)5-6-17-11(16-12)15-8-3-4-9(13)10(14)7-8/h3-4,7H,5-6H2,1-2H3,(H,15,16). The minimum atomic E-state index is -0.268. The Bertz CT molecular complexity index is 460. The molecule has 1 aliphatic heterocycles. The summed E-state index contributed by atoms with van der Waals surface area (Å²) in [5, 5.41) is 4.02. The quantitative estimate of drug-likeness (QED) is 0.836. The third-order valence-corrected chi connectivity index (χ3v) is 4.05. The van der Waals surface area contributed by atoms with Gasteiger partial charge in [0, 0.05) is 11.4 Å². The van der Waals surface area contributed by atoms with Crippen LogP contribution in [0.25, 0.3) is 0 Å². The lowest BCUT2D eigenvalue weighted by Crippen LogP contribution is -2.27. The monoisotopic (exact) mass is 316 g/mol. The third-order valence-electron chi connectivity index (χ3n) is 2.53. The summed E-state index contributed by atoms with van der Waals surface area (Å²) in [5.41, 5.74) is 0.705. The smallest absolute Gasteiger partial charge is 0.161 e. The largest absolute Gasteiger partial charge is 0.335 e. The fraction of sp³-hybridized carbons (Fsp3) is 0.417. The van der Waals surface area contributed by atoms with Crippen molar-refractivity contribution in [3.8, 4) is 0 Å². The lowest BCUT2D eigenvalue weighted by atomic mass is 10.0. The summed E-state index contributed by atoms with van der Waals surface area (Å²) in [4.78, 5) is 4.60. The molecule has 92 valence electrons. The van der Waals surface area contributed by atoms with Crippen molar-refractivity contribution < 1.29 is 4.39 Å². The van der Waals surface area contributed by atoms with E-state index in [1.54, 1.807) is 17.8 Å². The van der Waals surface area contributed by atoms with Crippen molar-refractivity contribution in [1.82, 2.24) is 0 Å². The number of benzene rings is 1. The first-order valence-corrected chi connectivity index (χ1v) is 7.19. The number of aliphatic imine (C=N–C) groups is 1. The number of halogens is 2. The molecule has 0 radical (unpaired) electrons. The van der Waals surface area contributed by atoms with Gasteiger partial charge in [-0.2, -0.15) is 0 Å². The van der Waals surface area contributed by atoms with Crippen molar-refractivity contribution in [2.75, 3.05) is 11.1 Å². The summed E-state index contributed by atoms with van der Waals surface area (Å²) in [6, 6.07) is 4.99. The van der Waals surface area contributed by atoms with Gasteiger partial charge in [-0.25, -0.2) is 4.39 Å². The molecule has 1 N–H and O–H groups in total. The number of nitrogens with one attached hydrogen (secondary N) is 1. The van der Waals surface area contributed by atoms with E-state index in [1.165, 1.54) is 6.07 Å². The van der Waals surface area contributed by atoms with Crippen molar-refractivity contribution in [1.29, 1.82) is 0 Å². The molecule has 0 fully saturated rings. The molecular weight excluding hydrogens is 303 g/mol. The zero-order valence-corrected chi connectivity index (χ0v) is 12.2. The molecule has 0 spiro atoms. The maximum Gasteiger partial charge on any atom is 0.161 e. The maximum atomic E-state index is 13.4. The molecule has 0 saturated heterocycles. The van der Waals surface area contributed by atoms with E-state index in [9.17, 15) is 4.39 Å². The molecule has 5 heteroatoms. The molecule has 1 heterocycles. The molecule has 1 aliphatic rings. The van der Waals surface area contributed by atoms with Gasteiger partial charge in [-0.1, -0.05) is 11.8 Å². The molecule has 0 bridgehead atoms. The van der Waals surface area contributed by atoms with Crippen LogP contribution in [0.4, 0.5) is 10.1 Å². The van der Waals surface area contributed by atoms with E-state index in [0.29, 0.717) is 4.47 Å². The highest BCUT2D eigenvalue weighted by atomic mass is 79.9. The van der Waals surface area contributed by atoms with Gasteiger partial charge in [0.1, 0.15) is 5.82 Å². The highest BCUT2D eigenvalue weighted by molar-refractivity contribution is 9.10. The van der Waals surface area contributed by atoms with Crippen molar-refractivity contribution in [3.63, 3.8) is 0 Å². The molecule has 0 saturated carbocycles. The van der Waals surface area contributed by atoms with Crippen LogP contribution in [-0.2, 0) is 0 Å². The van der Waals surface area contributed by atoms with Crippen molar-refractivity contribution in [2.45, 2.75) is 25.8 Å². The van der Waals surface area contributed by atoms with Gasteiger partial charge in [0.15, 0.2) is 5.17 Å². The van der Waals surface area contributed by atoms with Crippen LogP contribution in [0.5, 0.6) is 0 Å². The minimum absolute atomic E-state index is 0.0263. The molecule has 0 atom stereocenters. The first-order valence-electron chi connectivity index (χ1n) is 5.41. The Morgan fingerprint density at radius 3 is 2.88 bits per heavy atom. The first kappa shape index (κ1) is 12.9. The van der Waals surface area contributed by atoms with Gasteiger partial charge in [-0.15, -0.1) is 0 Å². The van der Waals surface area contributed by atoms with Crippen LogP contribution in [0, 0.1) is 5.82 Å². The van der Waals surface area contributed by atoms with E-state index in [2.05, 4.69) is 40.1 Å². The van der Waals surface area contributed by atoms with E-state index in [-0.39, 0.29) is 11.4 Å². The molecule has 0 aliphatic carbocycles. The van der Waals surface area contributed by atoms with E-state index in [0.717, 1.165) is 23.0 Å². The lowest BCUT2D eigenvalue weighted by Gasteiger charge is -2.26. The molecule has 0 unspecified atom stereocenters. The van der Waals surface area contributed by atoms with Crippen LogP contribution in [0.15, 0.2) is 27.7 Å². The second kappa shape index (κ2) is 4.98. The van der Waals surface area contributed by atoms with Gasteiger partial charge < -0.3 is 5.32 Å². The van der Waals surface area contributed by atoms with Crippen LogP contribution in [-0.4, -0.2) is 16.5 Å². The molecule has 0 aromatic heterocycles. The van der Waals surface area contributed by atoms with E-state index in [4.69, 9.17) is 0 Å². The molecular formula is C12H14BrFN2S. The second-order valence-corrected chi connectivity index (χ2v) is 6.52. The molecule has 2 rings (SSSR count). The van der Waals surface area contributed by atoms with E-state index in [1.807, 2.05) is 6.07 Å². The molecule has 0 amide bonds. The molecule has 2 nitrogen and oxygen atoms in total. The van der Waals surface area contributed by atoms with Gasteiger partial charge >= 0.3 is 0 Å². The summed E-state index contributed by atoms with van der Waals surface area (Å²) in [6.07, 6.45) is 1.07. The molecule has 1 aromatic carbocycles. The van der Waals surface area contributed by atoms with Gasteiger partial charge in [0.25, 0.3) is 0 Å². The van der Waals surface area contributed by atoms with Crippen molar-refractivity contribution in [2.24, 2.45) is 4.99 Å². The number of anilines is 1.